The normalized spacial score (nSPS) is 15.4. The van der Waals surface area contributed by atoms with Crippen LogP contribution in [0.4, 0.5) is 0 Å². The van der Waals surface area contributed by atoms with E-state index in [9.17, 15) is 19.0 Å². The molecule has 3 atom stereocenters. The molecule has 0 bridgehead atoms. The fraction of sp³-hybridized carbons (Fsp3) is 0.458. The highest BCUT2D eigenvalue weighted by Crippen LogP contribution is 2.54. The molecule has 0 saturated heterocycles. The zero-order valence-corrected chi connectivity index (χ0v) is 21.4. The standard InChI is InChI=1S/C24H34NO6PS/c1-24(2,3)33(29)25-22(14-15-23(26)27)32(28,31-18-19-10-6-5-7-11-19)17-16-20-12-8-9-13-21(20)30-4/h5-13,22,25H,14-18H2,1-4H3,(H,26,27)/t22?,32?,33-/m0/s1. The Morgan fingerprint density at radius 1 is 1.15 bits per heavy atom. The van der Waals surface area contributed by atoms with Crippen molar-refractivity contribution in [2.45, 2.75) is 57.2 Å². The first-order chi connectivity index (χ1) is 15.5. The Kier molecular flexibility index (Phi) is 10.5. The van der Waals surface area contributed by atoms with E-state index in [1.54, 1.807) is 27.9 Å². The minimum Gasteiger partial charge on any atom is -0.598 e. The summed E-state index contributed by atoms with van der Waals surface area (Å²) in [6.45, 7) is 5.51. The highest BCUT2D eigenvalue weighted by Gasteiger charge is 2.40. The molecule has 2 N–H and O–H groups in total. The van der Waals surface area contributed by atoms with Gasteiger partial charge in [0, 0.05) is 23.9 Å². The molecule has 2 unspecified atom stereocenters. The van der Waals surface area contributed by atoms with Gasteiger partial charge in [-0.15, -0.1) is 4.72 Å². The monoisotopic (exact) mass is 495 g/mol. The van der Waals surface area contributed by atoms with Gasteiger partial charge in [0.15, 0.2) is 0 Å². The Hall–Kier alpha value is -1.83. The molecule has 9 heteroatoms. The van der Waals surface area contributed by atoms with Gasteiger partial charge in [-0.3, -0.25) is 9.36 Å². The molecule has 0 aliphatic carbocycles. The van der Waals surface area contributed by atoms with Gasteiger partial charge in [0.25, 0.3) is 0 Å². The van der Waals surface area contributed by atoms with Crippen LogP contribution in [0.2, 0.25) is 0 Å². The second-order valence-corrected chi connectivity index (χ2v) is 13.5. The Labute approximate surface area is 199 Å². The molecule has 2 aromatic rings. The van der Waals surface area contributed by atoms with Crippen molar-refractivity contribution in [3.05, 3.63) is 65.7 Å². The number of carbonyl (C=O) groups is 1. The van der Waals surface area contributed by atoms with Crippen LogP contribution < -0.4 is 9.46 Å². The number of carboxylic acid groups (broad SMARTS) is 1. The van der Waals surface area contributed by atoms with E-state index >= 15 is 0 Å². The molecule has 0 aromatic heterocycles. The Morgan fingerprint density at radius 3 is 2.39 bits per heavy atom. The molecule has 0 aliphatic heterocycles. The number of para-hydroxylation sites is 1. The van der Waals surface area contributed by atoms with E-state index in [1.807, 2.05) is 54.6 Å². The number of nitrogens with one attached hydrogen (secondary N) is 1. The smallest absolute Gasteiger partial charge is 0.303 e. The molecule has 0 aliphatic rings. The first kappa shape index (κ1) is 27.4. The minimum atomic E-state index is -3.49. The summed E-state index contributed by atoms with van der Waals surface area (Å²) < 4.78 is 40.9. The highest BCUT2D eigenvalue weighted by atomic mass is 32.2. The van der Waals surface area contributed by atoms with E-state index in [0.717, 1.165) is 11.1 Å². The van der Waals surface area contributed by atoms with Gasteiger partial charge in [-0.2, -0.15) is 0 Å². The molecule has 0 heterocycles. The molecule has 0 fully saturated rings. The molecule has 0 saturated carbocycles. The van der Waals surface area contributed by atoms with E-state index in [1.165, 1.54) is 0 Å². The number of rotatable bonds is 13. The molecular formula is C24H34NO6PS. The lowest BCUT2D eigenvalue weighted by Crippen LogP contribution is -2.45. The Morgan fingerprint density at radius 2 is 1.79 bits per heavy atom. The van der Waals surface area contributed by atoms with Crippen LogP contribution in [0.3, 0.4) is 0 Å². The summed E-state index contributed by atoms with van der Waals surface area (Å²) in [6, 6.07) is 16.8. The number of ether oxygens (including phenoxy) is 1. The van der Waals surface area contributed by atoms with Gasteiger partial charge in [0.05, 0.1) is 13.7 Å². The number of hydrogen-bond acceptors (Lipinski definition) is 6. The summed E-state index contributed by atoms with van der Waals surface area (Å²) in [5, 5.41) is 9.26. The van der Waals surface area contributed by atoms with Crippen LogP contribution in [0.5, 0.6) is 5.75 Å². The van der Waals surface area contributed by atoms with Gasteiger partial charge < -0.3 is 18.9 Å². The van der Waals surface area contributed by atoms with Crippen LogP contribution in [-0.4, -0.2) is 39.4 Å². The van der Waals surface area contributed by atoms with Crippen LogP contribution in [0.25, 0.3) is 0 Å². The van der Waals surface area contributed by atoms with Crippen molar-refractivity contribution in [2.24, 2.45) is 0 Å². The predicted molar refractivity (Wildman–Crippen MR) is 132 cm³/mol. The SMILES string of the molecule is COc1ccccc1CCP(=O)(OCc1ccccc1)C(CCC(=O)O)N[S@@+]([O-])C(C)(C)C. The van der Waals surface area contributed by atoms with Crippen molar-refractivity contribution in [3.63, 3.8) is 0 Å². The topological polar surface area (TPSA) is 108 Å². The number of aryl methyl sites for hydroxylation is 1. The van der Waals surface area contributed by atoms with Gasteiger partial charge in [0.1, 0.15) is 16.3 Å². The maximum Gasteiger partial charge on any atom is 0.303 e. The van der Waals surface area contributed by atoms with Crippen molar-refractivity contribution in [2.75, 3.05) is 13.3 Å². The second kappa shape index (κ2) is 12.6. The molecule has 2 rings (SSSR count). The third-order valence-corrected chi connectivity index (χ3v) is 9.62. The Bertz CT molecular complexity index is 934. The van der Waals surface area contributed by atoms with Crippen molar-refractivity contribution in [3.8, 4) is 5.75 Å². The van der Waals surface area contributed by atoms with E-state index in [2.05, 4.69) is 4.72 Å². The number of aliphatic carboxylic acids is 1. The molecule has 182 valence electrons. The number of carboxylic acids is 1. The van der Waals surface area contributed by atoms with Crippen molar-refractivity contribution < 1.29 is 28.3 Å². The average Bonchev–Trinajstić information content (AvgIpc) is 2.79. The first-order valence-corrected chi connectivity index (χ1v) is 13.9. The van der Waals surface area contributed by atoms with E-state index < -0.39 is 35.2 Å². The molecule has 2 aromatic carbocycles. The van der Waals surface area contributed by atoms with Gasteiger partial charge in [-0.05, 0) is 50.8 Å². The lowest BCUT2D eigenvalue weighted by molar-refractivity contribution is -0.137. The quantitative estimate of drug-likeness (QED) is 0.298. The number of benzene rings is 2. The van der Waals surface area contributed by atoms with Crippen molar-refractivity contribution >= 4 is 24.7 Å². The highest BCUT2D eigenvalue weighted by molar-refractivity contribution is 7.91. The van der Waals surface area contributed by atoms with E-state index in [0.29, 0.717) is 12.2 Å². The van der Waals surface area contributed by atoms with E-state index in [4.69, 9.17) is 9.26 Å². The lowest BCUT2D eigenvalue weighted by Gasteiger charge is -2.32. The van der Waals surface area contributed by atoms with Crippen LogP contribution in [0, 0.1) is 0 Å². The van der Waals surface area contributed by atoms with Gasteiger partial charge in [-0.25, -0.2) is 0 Å². The van der Waals surface area contributed by atoms with Gasteiger partial charge in [0.2, 0.25) is 7.37 Å². The number of methoxy groups -OCH3 is 1. The zero-order chi connectivity index (χ0) is 24.5. The van der Waals surface area contributed by atoms with Crippen molar-refractivity contribution in [1.82, 2.24) is 4.72 Å². The van der Waals surface area contributed by atoms with Gasteiger partial charge in [-0.1, -0.05) is 48.5 Å². The third-order valence-electron chi connectivity index (χ3n) is 5.08. The molecular weight excluding hydrogens is 461 g/mol. The molecule has 0 spiro atoms. The number of hydrogen-bond donors (Lipinski definition) is 2. The predicted octanol–water partition coefficient (Wildman–Crippen LogP) is 4.98. The average molecular weight is 496 g/mol. The van der Waals surface area contributed by atoms with Crippen LogP contribution in [-0.2, 0) is 38.3 Å². The maximum absolute atomic E-state index is 14.3. The lowest BCUT2D eigenvalue weighted by atomic mass is 10.1. The van der Waals surface area contributed by atoms with Crippen molar-refractivity contribution in [1.29, 1.82) is 0 Å². The minimum absolute atomic E-state index is 0.0369. The fourth-order valence-electron chi connectivity index (χ4n) is 3.15. The fourth-order valence-corrected chi connectivity index (χ4v) is 6.86. The van der Waals surface area contributed by atoms with Gasteiger partial charge >= 0.3 is 5.97 Å². The largest absolute Gasteiger partial charge is 0.598 e. The second-order valence-electron chi connectivity index (χ2n) is 8.72. The molecule has 33 heavy (non-hydrogen) atoms. The molecule has 0 radical (unpaired) electrons. The maximum atomic E-state index is 14.3. The molecule has 0 amide bonds. The Balaban J connectivity index is 2.33. The summed E-state index contributed by atoms with van der Waals surface area (Å²) in [7, 11) is -1.92. The molecule has 7 nitrogen and oxygen atoms in total. The summed E-state index contributed by atoms with van der Waals surface area (Å²) in [5.41, 5.74) is 1.72. The van der Waals surface area contributed by atoms with Crippen LogP contribution in [0.15, 0.2) is 54.6 Å². The third kappa shape index (κ3) is 8.80. The zero-order valence-electron chi connectivity index (χ0n) is 19.7. The summed E-state index contributed by atoms with van der Waals surface area (Å²) in [5.74, 6) is -1.20. The van der Waals surface area contributed by atoms with Crippen LogP contribution in [0.1, 0.15) is 44.7 Å². The van der Waals surface area contributed by atoms with E-state index in [-0.39, 0.29) is 25.6 Å². The van der Waals surface area contributed by atoms with Crippen LogP contribution >= 0.6 is 7.37 Å². The summed E-state index contributed by atoms with van der Waals surface area (Å²) in [4.78, 5) is 11.3. The first-order valence-electron chi connectivity index (χ1n) is 10.8. The summed E-state index contributed by atoms with van der Waals surface area (Å²) in [6.07, 6.45) is 0.379. The summed E-state index contributed by atoms with van der Waals surface area (Å²) >= 11 is -1.55.